The maximum absolute atomic E-state index is 12.2. The molecule has 0 atom stereocenters. The molecule has 7 nitrogen and oxygen atoms in total. The molecule has 0 saturated carbocycles. The van der Waals surface area contributed by atoms with Crippen LogP contribution in [0.25, 0.3) is 0 Å². The van der Waals surface area contributed by atoms with Crippen LogP contribution in [0, 0.1) is 13.8 Å². The molecule has 0 aliphatic carbocycles. The molecular weight excluding hydrogens is 446 g/mol. The molecule has 2 rings (SSSR count). The average molecular weight is 476 g/mol. The lowest BCUT2D eigenvalue weighted by molar-refractivity contribution is 0.566. The topological polar surface area (TPSA) is 104 Å². The van der Waals surface area contributed by atoms with E-state index in [1.807, 2.05) is 13.8 Å². The number of aryl methyl sites for hydroxylation is 2. The minimum Gasteiger partial charge on any atom is -0.317 e. The Morgan fingerprint density at radius 1 is 0.600 bits per heavy atom. The first-order chi connectivity index (χ1) is 13.7. The van der Waals surface area contributed by atoms with E-state index in [0.29, 0.717) is 39.0 Å². The van der Waals surface area contributed by atoms with Gasteiger partial charge in [-0.15, -0.1) is 12.4 Å². The highest BCUT2D eigenvalue weighted by Crippen LogP contribution is 2.10. The van der Waals surface area contributed by atoms with E-state index >= 15 is 0 Å². The van der Waals surface area contributed by atoms with Crippen molar-refractivity contribution in [3.63, 3.8) is 0 Å². The number of benzene rings is 2. The summed E-state index contributed by atoms with van der Waals surface area (Å²) in [5.41, 5.74) is 2.02. The van der Waals surface area contributed by atoms with Crippen molar-refractivity contribution in [2.75, 3.05) is 26.2 Å². The van der Waals surface area contributed by atoms with Gasteiger partial charge in [0.1, 0.15) is 0 Å². The third-order valence-electron chi connectivity index (χ3n) is 4.31. The smallest absolute Gasteiger partial charge is 0.240 e. The molecule has 0 radical (unpaired) electrons. The lowest BCUT2D eigenvalue weighted by atomic mass is 10.2. The summed E-state index contributed by atoms with van der Waals surface area (Å²) in [5, 5.41) is 3.18. The van der Waals surface area contributed by atoms with Gasteiger partial charge in [-0.05, 0) is 64.0 Å². The van der Waals surface area contributed by atoms with Crippen molar-refractivity contribution in [3.8, 4) is 0 Å². The summed E-state index contributed by atoms with van der Waals surface area (Å²) in [7, 11) is -6.96. The van der Waals surface area contributed by atoms with Crippen molar-refractivity contribution >= 4 is 32.5 Å². The van der Waals surface area contributed by atoms with Gasteiger partial charge in [0.2, 0.25) is 20.0 Å². The molecule has 10 heteroatoms. The van der Waals surface area contributed by atoms with E-state index in [2.05, 4.69) is 14.8 Å². The Bertz CT molecular complexity index is 896. The van der Waals surface area contributed by atoms with Gasteiger partial charge < -0.3 is 5.32 Å². The highest BCUT2D eigenvalue weighted by molar-refractivity contribution is 7.89. The van der Waals surface area contributed by atoms with Gasteiger partial charge in [-0.3, -0.25) is 0 Å². The van der Waals surface area contributed by atoms with Gasteiger partial charge >= 0.3 is 0 Å². The second-order valence-electron chi connectivity index (χ2n) is 6.88. The van der Waals surface area contributed by atoms with Gasteiger partial charge in [0, 0.05) is 13.1 Å². The Kier molecular flexibility index (Phi) is 11.0. The number of halogens is 1. The summed E-state index contributed by atoms with van der Waals surface area (Å²) >= 11 is 0. The molecule has 168 valence electrons. The molecule has 0 bridgehead atoms. The van der Waals surface area contributed by atoms with Crippen molar-refractivity contribution in [2.24, 2.45) is 0 Å². The second kappa shape index (κ2) is 12.4. The van der Waals surface area contributed by atoms with Crippen molar-refractivity contribution in [1.82, 2.24) is 14.8 Å². The Hall–Kier alpha value is -1.49. The summed E-state index contributed by atoms with van der Waals surface area (Å²) in [5.74, 6) is 0. The predicted octanol–water partition coefficient (Wildman–Crippen LogP) is 2.35. The highest BCUT2D eigenvalue weighted by atomic mass is 35.5. The van der Waals surface area contributed by atoms with Crippen LogP contribution in [0.1, 0.15) is 24.0 Å². The van der Waals surface area contributed by atoms with E-state index in [9.17, 15) is 16.8 Å². The van der Waals surface area contributed by atoms with Gasteiger partial charge in [-0.25, -0.2) is 26.3 Å². The van der Waals surface area contributed by atoms with Crippen molar-refractivity contribution < 1.29 is 16.8 Å². The van der Waals surface area contributed by atoms with E-state index in [0.717, 1.165) is 11.1 Å². The van der Waals surface area contributed by atoms with E-state index in [4.69, 9.17) is 0 Å². The normalized spacial score (nSPS) is 11.8. The molecule has 0 heterocycles. The lowest BCUT2D eigenvalue weighted by Crippen LogP contribution is -2.29. The molecule has 0 aromatic heterocycles. The lowest BCUT2D eigenvalue weighted by Gasteiger charge is -2.09. The Balaban J connectivity index is 0.00000450. The van der Waals surface area contributed by atoms with Crippen molar-refractivity contribution in [3.05, 3.63) is 59.7 Å². The summed E-state index contributed by atoms with van der Waals surface area (Å²) in [4.78, 5) is 0.522. The summed E-state index contributed by atoms with van der Waals surface area (Å²) in [6.45, 7) is 5.76. The van der Waals surface area contributed by atoms with Gasteiger partial charge in [0.05, 0.1) is 9.79 Å². The Labute approximate surface area is 186 Å². The fourth-order valence-electron chi connectivity index (χ4n) is 2.57. The monoisotopic (exact) mass is 475 g/mol. The van der Waals surface area contributed by atoms with Gasteiger partial charge in [-0.2, -0.15) is 0 Å². The maximum atomic E-state index is 12.2. The van der Waals surface area contributed by atoms with Crippen LogP contribution in [0.3, 0.4) is 0 Å². The largest absolute Gasteiger partial charge is 0.317 e. The van der Waals surface area contributed by atoms with Gasteiger partial charge in [0.25, 0.3) is 0 Å². The molecule has 0 unspecified atom stereocenters. The van der Waals surface area contributed by atoms with Crippen LogP contribution in [-0.4, -0.2) is 43.0 Å². The van der Waals surface area contributed by atoms with Crippen LogP contribution in [0.2, 0.25) is 0 Å². The van der Waals surface area contributed by atoms with Crippen molar-refractivity contribution in [1.29, 1.82) is 0 Å². The second-order valence-corrected chi connectivity index (χ2v) is 10.4. The average Bonchev–Trinajstić information content (AvgIpc) is 2.67. The van der Waals surface area contributed by atoms with E-state index in [1.165, 1.54) is 0 Å². The summed E-state index contributed by atoms with van der Waals surface area (Å²) in [6, 6.07) is 13.4. The first-order valence-corrected chi connectivity index (χ1v) is 12.5. The maximum Gasteiger partial charge on any atom is 0.240 e. The minimum atomic E-state index is -3.48. The van der Waals surface area contributed by atoms with Crippen LogP contribution >= 0.6 is 12.4 Å². The van der Waals surface area contributed by atoms with Gasteiger partial charge in [0.15, 0.2) is 0 Å². The standard InChI is InChI=1S/C20H29N3O4S2.ClH/c1-17-5-9-19(10-6-17)28(24,25)22-15-3-13-21-14-4-16-23-29(26,27)20-11-7-18(2)8-12-20;/h5-12,21-23H,3-4,13-16H2,1-2H3;1H. The first-order valence-electron chi connectivity index (χ1n) is 9.54. The number of sulfonamides is 2. The van der Waals surface area contributed by atoms with E-state index in [-0.39, 0.29) is 22.2 Å². The zero-order valence-corrected chi connectivity index (χ0v) is 19.7. The molecule has 0 amide bonds. The number of hydrogen-bond acceptors (Lipinski definition) is 5. The number of hydrogen-bond donors (Lipinski definition) is 3. The molecule has 2 aromatic carbocycles. The third-order valence-corrected chi connectivity index (χ3v) is 7.26. The van der Waals surface area contributed by atoms with Crippen LogP contribution in [-0.2, 0) is 20.0 Å². The Morgan fingerprint density at radius 3 is 1.27 bits per heavy atom. The first kappa shape index (κ1) is 26.5. The SMILES string of the molecule is Cc1ccc(S(=O)(=O)NCCCNCCCNS(=O)(=O)c2ccc(C)cc2)cc1.Cl. The van der Waals surface area contributed by atoms with Crippen LogP contribution in [0.15, 0.2) is 58.3 Å². The Morgan fingerprint density at radius 2 is 0.933 bits per heavy atom. The molecule has 0 saturated heterocycles. The fourth-order valence-corrected chi connectivity index (χ4v) is 4.71. The number of nitrogens with one attached hydrogen (secondary N) is 3. The van der Waals surface area contributed by atoms with E-state index < -0.39 is 20.0 Å². The third kappa shape index (κ3) is 8.71. The zero-order chi connectivity index (χ0) is 21.3. The summed E-state index contributed by atoms with van der Waals surface area (Å²) in [6.07, 6.45) is 1.28. The fraction of sp³-hybridized carbons (Fsp3) is 0.400. The molecule has 3 N–H and O–H groups in total. The van der Waals surface area contributed by atoms with Crippen LogP contribution < -0.4 is 14.8 Å². The van der Waals surface area contributed by atoms with Crippen LogP contribution in [0.5, 0.6) is 0 Å². The van der Waals surface area contributed by atoms with E-state index in [1.54, 1.807) is 48.5 Å². The zero-order valence-electron chi connectivity index (χ0n) is 17.2. The molecule has 0 spiro atoms. The summed E-state index contributed by atoms with van der Waals surface area (Å²) < 4.78 is 53.8. The molecular formula is C20H30ClN3O4S2. The molecule has 0 fully saturated rings. The molecule has 30 heavy (non-hydrogen) atoms. The van der Waals surface area contributed by atoms with Crippen molar-refractivity contribution in [2.45, 2.75) is 36.5 Å². The predicted molar refractivity (Wildman–Crippen MR) is 122 cm³/mol. The number of rotatable bonds is 12. The van der Waals surface area contributed by atoms with Crippen LogP contribution in [0.4, 0.5) is 0 Å². The minimum absolute atomic E-state index is 0. The molecule has 2 aromatic rings. The molecule has 0 aliphatic heterocycles. The quantitative estimate of drug-likeness (QED) is 0.409. The highest BCUT2D eigenvalue weighted by Gasteiger charge is 2.13. The molecule has 0 aliphatic rings. The van der Waals surface area contributed by atoms with Gasteiger partial charge in [-0.1, -0.05) is 35.4 Å².